The van der Waals surface area contributed by atoms with Crippen LogP contribution in [0.2, 0.25) is 0 Å². The van der Waals surface area contributed by atoms with Crippen LogP contribution in [0.1, 0.15) is 76.8 Å². The fourth-order valence-corrected chi connectivity index (χ4v) is 2.93. The molecule has 1 aromatic heterocycles. The Morgan fingerprint density at radius 1 is 0.889 bits per heavy atom. The first kappa shape index (κ1) is 24.0. The summed E-state index contributed by atoms with van der Waals surface area (Å²) >= 11 is 0. The molecule has 1 rings (SSSR count). The van der Waals surface area contributed by atoms with Gasteiger partial charge in [-0.3, -0.25) is 4.68 Å². The monoisotopic (exact) mass is 385 g/mol. The summed E-state index contributed by atoms with van der Waals surface area (Å²) in [5.41, 5.74) is -0.295. The molecule has 0 atom stereocenters. The van der Waals surface area contributed by atoms with E-state index in [-0.39, 0.29) is 33.0 Å². The highest BCUT2D eigenvalue weighted by Crippen LogP contribution is 2.16. The van der Waals surface area contributed by atoms with Gasteiger partial charge in [0.25, 0.3) is 0 Å². The fraction of sp³-hybridized carbons (Fsp3) is 0.900. The zero-order valence-electron chi connectivity index (χ0n) is 17.0. The van der Waals surface area contributed by atoms with Crippen molar-refractivity contribution in [2.45, 2.75) is 84.3 Å². The van der Waals surface area contributed by atoms with E-state index in [4.69, 9.17) is 4.74 Å². The van der Waals surface area contributed by atoms with Crippen LogP contribution in [0.4, 0.5) is 0 Å². The third-order valence-electron chi connectivity index (χ3n) is 4.99. The molecule has 3 N–H and O–H groups in total. The Bertz CT molecular complexity index is 456. The van der Waals surface area contributed by atoms with E-state index in [0.717, 1.165) is 13.0 Å². The summed E-state index contributed by atoms with van der Waals surface area (Å²) in [4.78, 5) is 0. The first-order valence-electron chi connectivity index (χ1n) is 10.5. The van der Waals surface area contributed by atoms with E-state index in [1.54, 1.807) is 0 Å². The molecule has 0 bridgehead atoms. The number of rotatable bonds is 18. The number of nitrogens with zero attached hydrogens (tertiary/aromatic N) is 3. The van der Waals surface area contributed by atoms with Crippen LogP contribution in [0.3, 0.4) is 0 Å². The number of hydrogen-bond donors (Lipinski definition) is 3. The highest BCUT2D eigenvalue weighted by molar-refractivity contribution is 4.90. The molecule has 158 valence electrons. The van der Waals surface area contributed by atoms with E-state index in [0.29, 0.717) is 5.69 Å². The molecule has 0 radical (unpaired) electrons. The molecule has 0 saturated carbocycles. The van der Waals surface area contributed by atoms with Gasteiger partial charge in [-0.2, -0.15) is 0 Å². The number of hydrogen-bond acceptors (Lipinski definition) is 6. The minimum absolute atomic E-state index is 0.0712. The van der Waals surface area contributed by atoms with Crippen LogP contribution in [0, 0.1) is 5.41 Å². The Hall–Kier alpha value is -1.02. The SMILES string of the molecule is CCCCCCCCCCCCn1cc(COCC(CO)(CO)CO)nn1. The van der Waals surface area contributed by atoms with Crippen LogP contribution in [-0.2, 0) is 17.9 Å². The van der Waals surface area contributed by atoms with Gasteiger partial charge in [-0.05, 0) is 6.42 Å². The summed E-state index contributed by atoms with van der Waals surface area (Å²) in [6.45, 7) is 2.45. The average molecular weight is 386 g/mol. The third-order valence-corrected chi connectivity index (χ3v) is 4.99. The van der Waals surface area contributed by atoms with Gasteiger partial charge in [0.05, 0.1) is 44.6 Å². The van der Waals surface area contributed by atoms with Gasteiger partial charge in [-0.1, -0.05) is 69.9 Å². The molecule has 0 amide bonds. The molecule has 27 heavy (non-hydrogen) atoms. The van der Waals surface area contributed by atoms with Crippen molar-refractivity contribution < 1.29 is 20.1 Å². The minimum atomic E-state index is -1.01. The minimum Gasteiger partial charge on any atom is -0.396 e. The Labute approximate surface area is 163 Å². The molecule has 0 aliphatic rings. The van der Waals surface area contributed by atoms with Gasteiger partial charge in [-0.15, -0.1) is 5.10 Å². The largest absolute Gasteiger partial charge is 0.396 e. The van der Waals surface area contributed by atoms with E-state index < -0.39 is 5.41 Å². The Kier molecular flexibility index (Phi) is 13.3. The van der Waals surface area contributed by atoms with Crippen molar-refractivity contribution in [2.75, 3.05) is 26.4 Å². The first-order chi connectivity index (χ1) is 13.2. The molecule has 0 saturated heterocycles. The molecule has 1 heterocycles. The maximum absolute atomic E-state index is 9.27. The fourth-order valence-electron chi connectivity index (χ4n) is 2.93. The van der Waals surface area contributed by atoms with Crippen molar-refractivity contribution in [1.82, 2.24) is 15.0 Å². The summed E-state index contributed by atoms with van der Waals surface area (Å²) in [5, 5.41) is 36.0. The number of aryl methyl sites for hydroxylation is 1. The lowest BCUT2D eigenvalue weighted by molar-refractivity contribution is -0.0626. The van der Waals surface area contributed by atoms with Crippen LogP contribution in [-0.4, -0.2) is 56.7 Å². The molecule has 0 aliphatic heterocycles. The lowest BCUT2D eigenvalue weighted by Crippen LogP contribution is -2.38. The predicted molar refractivity (Wildman–Crippen MR) is 105 cm³/mol. The number of aromatic nitrogens is 3. The maximum atomic E-state index is 9.27. The van der Waals surface area contributed by atoms with Gasteiger partial charge in [0, 0.05) is 6.54 Å². The molecule has 7 nitrogen and oxygen atoms in total. The zero-order valence-corrected chi connectivity index (χ0v) is 17.0. The van der Waals surface area contributed by atoms with Crippen LogP contribution in [0.5, 0.6) is 0 Å². The molecule has 0 fully saturated rings. The molecular formula is C20H39N3O4. The van der Waals surface area contributed by atoms with Crippen LogP contribution < -0.4 is 0 Å². The van der Waals surface area contributed by atoms with Crippen molar-refractivity contribution in [3.05, 3.63) is 11.9 Å². The van der Waals surface area contributed by atoms with Gasteiger partial charge < -0.3 is 20.1 Å². The first-order valence-corrected chi connectivity index (χ1v) is 10.5. The van der Waals surface area contributed by atoms with Crippen molar-refractivity contribution >= 4 is 0 Å². The standard InChI is InChI=1S/C20H39N3O4/c1-2-3-4-5-6-7-8-9-10-11-12-23-13-19(21-22-23)14-27-18-20(15-24,16-25)17-26/h13,24-26H,2-12,14-18H2,1H3. The molecular weight excluding hydrogens is 346 g/mol. The second-order valence-corrected chi connectivity index (χ2v) is 7.62. The molecule has 7 heteroatoms. The second-order valence-electron chi connectivity index (χ2n) is 7.62. The molecule has 0 aromatic carbocycles. The lowest BCUT2D eigenvalue weighted by atomic mass is 9.93. The Balaban J connectivity index is 2.08. The summed E-state index contributed by atoms with van der Waals surface area (Å²) < 4.78 is 7.31. The van der Waals surface area contributed by atoms with Gasteiger partial charge in [-0.25, -0.2) is 0 Å². The smallest absolute Gasteiger partial charge is 0.108 e. The summed E-state index contributed by atoms with van der Waals surface area (Å²) in [6, 6.07) is 0. The molecule has 0 spiro atoms. The highest BCUT2D eigenvalue weighted by atomic mass is 16.5. The lowest BCUT2D eigenvalue weighted by Gasteiger charge is -2.26. The van der Waals surface area contributed by atoms with E-state index in [1.165, 1.54) is 57.8 Å². The third kappa shape index (κ3) is 10.2. The maximum Gasteiger partial charge on any atom is 0.108 e. The topological polar surface area (TPSA) is 101 Å². The average Bonchev–Trinajstić information content (AvgIpc) is 3.15. The Morgan fingerprint density at radius 3 is 2.00 bits per heavy atom. The number of unbranched alkanes of at least 4 members (excludes halogenated alkanes) is 9. The highest BCUT2D eigenvalue weighted by Gasteiger charge is 2.28. The van der Waals surface area contributed by atoms with Crippen LogP contribution in [0.25, 0.3) is 0 Å². The van der Waals surface area contributed by atoms with Crippen LogP contribution >= 0.6 is 0 Å². The normalized spacial score (nSPS) is 12.0. The number of aliphatic hydroxyl groups is 3. The van der Waals surface area contributed by atoms with E-state index in [2.05, 4.69) is 17.2 Å². The van der Waals surface area contributed by atoms with Crippen molar-refractivity contribution in [2.24, 2.45) is 5.41 Å². The van der Waals surface area contributed by atoms with Crippen molar-refractivity contribution in [3.63, 3.8) is 0 Å². The van der Waals surface area contributed by atoms with Gasteiger partial charge in [0.1, 0.15) is 5.69 Å². The van der Waals surface area contributed by atoms with Crippen LogP contribution in [0.15, 0.2) is 6.20 Å². The van der Waals surface area contributed by atoms with Gasteiger partial charge >= 0.3 is 0 Å². The quantitative estimate of drug-likeness (QED) is 0.336. The van der Waals surface area contributed by atoms with Crippen molar-refractivity contribution in [3.8, 4) is 0 Å². The summed E-state index contributed by atoms with van der Waals surface area (Å²) in [5.74, 6) is 0. The molecule has 1 aromatic rings. The van der Waals surface area contributed by atoms with E-state index in [9.17, 15) is 15.3 Å². The summed E-state index contributed by atoms with van der Waals surface area (Å²) in [6.07, 6.45) is 15.0. The van der Waals surface area contributed by atoms with E-state index in [1.807, 2.05) is 10.9 Å². The van der Waals surface area contributed by atoms with Gasteiger partial charge in [0.2, 0.25) is 0 Å². The zero-order chi connectivity index (χ0) is 19.8. The second kappa shape index (κ2) is 15.0. The van der Waals surface area contributed by atoms with Gasteiger partial charge in [0.15, 0.2) is 0 Å². The molecule has 0 aliphatic carbocycles. The van der Waals surface area contributed by atoms with E-state index >= 15 is 0 Å². The summed E-state index contributed by atoms with van der Waals surface area (Å²) in [7, 11) is 0. The number of ether oxygens (including phenoxy) is 1. The predicted octanol–water partition coefficient (Wildman–Crippen LogP) is 2.68. The van der Waals surface area contributed by atoms with Crippen molar-refractivity contribution in [1.29, 1.82) is 0 Å². The Morgan fingerprint density at radius 2 is 1.44 bits per heavy atom. The number of aliphatic hydroxyl groups excluding tert-OH is 3. The molecule has 0 unspecified atom stereocenters.